The molecule has 1 aromatic heterocycles. The quantitative estimate of drug-likeness (QED) is 0.668. The van der Waals surface area contributed by atoms with Crippen molar-refractivity contribution >= 4 is 17.7 Å². The summed E-state index contributed by atoms with van der Waals surface area (Å²) in [7, 11) is 0. The van der Waals surface area contributed by atoms with Crippen LogP contribution in [0.1, 0.15) is 31.0 Å². The molecular weight excluding hydrogens is 248 g/mol. The fourth-order valence-corrected chi connectivity index (χ4v) is 1.97. The first-order chi connectivity index (χ1) is 9.20. The summed E-state index contributed by atoms with van der Waals surface area (Å²) in [6.45, 7) is 3.67. The number of H-pyrrole nitrogens is 1. The maximum Gasteiger partial charge on any atom is 0.306 e. The minimum atomic E-state index is -0.358. The number of carbonyl (C=O) groups is 2. The van der Waals surface area contributed by atoms with E-state index in [2.05, 4.69) is 20.8 Å². The van der Waals surface area contributed by atoms with E-state index in [0.29, 0.717) is 19.0 Å². The maximum atomic E-state index is 11.7. The monoisotopic (exact) mass is 266 g/mol. The van der Waals surface area contributed by atoms with E-state index in [4.69, 9.17) is 4.74 Å². The molecule has 0 bridgehead atoms. The van der Waals surface area contributed by atoms with Crippen molar-refractivity contribution in [2.24, 2.45) is 0 Å². The Morgan fingerprint density at radius 2 is 2.26 bits per heavy atom. The Labute approximate surface area is 111 Å². The summed E-state index contributed by atoms with van der Waals surface area (Å²) in [4.78, 5) is 22.9. The van der Waals surface area contributed by atoms with Gasteiger partial charge in [0.1, 0.15) is 0 Å². The number of esters is 1. The molecule has 3 N–H and O–H groups in total. The molecule has 0 spiro atoms. The Kier molecular flexibility index (Phi) is 4.51. The standard InChI is InChI=1S/C12H18N4O3/c1-2-19-11(18)4-3-10(17)14-12-8-7-13-6-5-9(8)15-16-12/h13H,2-7H2,1H3,(H2,14,15,16,17). The lowest BCUT2D eigenvalue weighted by atomic mass is 10.1. The van der Waals surface area contributed by atoms with Gasteiger partial charge in [0.05, 0.1) is 13.0 Å². The number of hydrogen-bond acceptors (Lipinski definition) is 5. The molecule has 2 rings (SSSR count). The highest BCUT2D eigenvalue weighted by molar-refractivity contribution is 5.92. The lowest BCUT2D eigenvalue weighted by Crippen LogP contribution is -2.24. The Bertz CT molecular complexity index is 470. The smallest absolute Gasteiger partial charge is 0.306 e. The summed E-state index contributed by atoms with van der Waals surface area (Å²) in [5.41, 5.74) is 2.05. The molecule has 0 aliphatic carbocycles. The number of hydrogen-bond donors (Lipinski definition) is 3. The first-order valence-electron chi connectivity index (χ1n) is 6.43. The van der Waals surface area contributed by atoms with Crippen LogP contribution >= 0.6 is 0 Å². The van der Waals surface area contributed by atoms with Gasteiger partial charge in [-0.15, -0.1) is 0 Å². The number of aromatic nitrogens is 2. The van der Waals surface area contributed by atoms with E-state index in [9.17, 15) is 9.59 Å². The average molecular weight is 266 g/mol. The summed E-state index contributed by atoms with van der Waals surface area (Å²) < 4.78 is 4.77. The second-order valence-electron chi connectivity index (χ2n) is 4.31. The van der Waals surface area contributed by atoms with Crippen LogP contribution in [0.3, 0.4) is 0 Å². The van der Waals surface area contributed by atoms with Crippen LogP contribution in [0.2, 0.25) is 0 Å². The number of fused-ring (bicyclic) bond motifs is 1. The molecule has 0 unspecified atom stereocenters. The van der Waals surface area contributed by atoms with Gasteiger partial charge >= 0.3 is 5.97 Å². The molecule has 1 aromatic rings. The summed E-state index contributed by atoms with van der Waals surface area (Å²) in [6, 6.07) is 0. The highest BCUT2D eigenvalue weighted by Gasteiger charge is 2.18. The van der Waals surface area contributed by atoms with Gasteiger partial charge in [-0.05, 0) is 6.92 Å². The molecule has 0 saturated carbocycles. The third-order valence-electron chi connectivity index (χ3n) is 2.93. The van der Waals surface area contributed by atoms with Gasteiger partial charge in [0.2, 0.25) is 5.91 Å². The minimum absolute atomic E-state index is 0.0878. The summed E-state index contributed by atoms with van der Waals surface area (Å²) in [6.07, 6.45) is 1.07. The van der Waals surface area contributed by atoms with Crippen LogP contribution < -0.4 is 10.6 Å². The second kappa shape index (κ2) is 6.33. The molecule has 0 aromatic carbocycles. The molecule has 1 amide bonds. The average Bonchev–Trinajstić information content (AvgIpc) is 2.80. The number of carbonyl (C=O) groups excluding carboxylic acids is 2. The van der Waals surface area contributed by atoms with E-state index >= 15 is 0 Å². The minimum Gasteiger partial charge on any atom is -0.466 e. The van der Waals surface area contributed by atoms with Crippen LogP contribution in [0.5, 0.6) is 0 Å². The fraction of sp³-hybridized carbons (Fsp3) is 0.583. The number of anilines is 1. The van der Waals surface area contributed by atoms with Crippen molar-refractivity contribution in [1.29, 1.82) is 0 Å². The van der Waals surface area contributed by atoms with Crippen LogP contribution in [-0.2, 0) is 27.3 Å². The SMILES string of the molecule is CCOC(=O)CCC(=O)Nc1n[nH]c2c1CNCC2. The van der Waals surface area contributed by atoms with Crippen molar-refractivity contribution in [2.75, 3.05) is 18.5 Å². The number of nitrogens with one attached hydrogen (secondary N) is 3. The molecule has 19 heavy (non-hydrogen) atoms. The number of ether oxygens (including phenoxy) is 1. The molecule has 0 fully saturated rings. The van der Waals surface area contributed by atoms with Crippen molar-refractivity contribution in [3.8, 4) is 0 Å². The first kappa shape index (κ1) is 13.5. The molecule has 0 saturated heterocycles. The van der Waals surface area contributed by atoms with Gasteiger partial charge in [0, 0.05) is 37.2 Å². The normalized spacial score (nSPS) is 13.7. The third kappa shape index (κ3) is 3.54. The Hall–Kier alpha value is -1.89. The predicted molar refractivity (Wildman–Crippen MR) is 68.5 cm³/mol. The van der Waals surface area contributed by atoms with E-state index in [0.717, 1.165) is 24.2 Å². The largest absolute Gasteiger partial charge is 0.466 e. The molecule has 2 heterocycles. The summed E-state index contributed by atoms with van der Waals surface area (Å²) >= 11 is 0. The van der Waals surface area contributed by atoms with Crippen LogP contribution in [0.4, 0.5) is 5.82 Å². The maximum absolute atomic E-state index is 11.7. The van der Waals surface area contributed by atoms with Gasteiger partial charge in [-0.25, -0.2) is 0 Å². The molecule has 7 heteroatoms. The summed E-state index contributed by atoms with van der Waals surface area (Å²) in [5.74, 6) is -0.0349. The van der Waals surface area contributed by atoms with E-state index in [1.165, 1.54) is 0 Å². The molecule has 7 nitrogen and oxygen atoms in total. The number of amides is 1. The van der Waals surface area contributed by atoms with Crippen LogP contribution in [0.25, 0.3) is 0 Å². The van der Waals surface area contributed by atoms with Crippen molar-refractivity contribution in [1.82, 2.24) is 15.5 Å². The summed E-state index contributed by atoms with van der Waals surface area (Å²) in [5, 5.41) is 12.9. The highest BCUT2D eigenvalue weighted by Crippen LogP contribution is 2.19. The van der Waals surface area contributed by atoms with Crippen molar-refractivity contribution in [2.45, 2.75) is 32.7 Å². The van der Waals surface area contributed by atoms with Crippen LogP contribution in [-0.4, -0.2) is 35.2 Å². The van der Waals surface area contributed by atoms with E-state index in [-0.39, 0.29) is 24.7 Å². The Balaban J connectivity index is 1.85. The number of rotatable bonds is 5. The molecule has 0 atom stereocenters. The molecule has 1 aliphatic rings. The lowest BCUT2D eigenvalue weighted by Gasteiger charge is -2.13. The topological polar surface area (TPSA) is 96.1 Å². The van der Waals surface area contributed by atoms with Gasteiger partial charge in [-0.1, -0.05) is 0 Å². The fourth-order valence-electron chi connectivity index (χ4n) is 1.97. The zero-order valence-electron chi connectivity index (χ0n) is 10.9. The number of nitrogens with zero attached hydrogens (tertiary/aromatic N) is 1. The van der Waals surface area contributed by atoms with Crippen molar-refractivity contribution in [3.05, 3.63) is 11.3 Å². The van der Waals surface area contributed by atoms with Crippen LogP contribution in [0.15, 0.2) is 0 Å². The first-order valence-corrected chi connectivity index (χ1v) is 6.43. The van der Waals surface area contributed by atoms with Gasteiger partial charge in [0.15, 0.2) is 5.82 Å². The Morgan fingerprint density at radius 1 is 1.42 bits per heavy atom. The zero-order chi connectivity index (χ0) is 13.7. The predicted octanol–water partition coefficient (Wildman–Crippen LogP) is 0.337. The van der Waals surface area contributed by atoms with Gasteiger partial charge in [-0.2, -0.15) is 5.10 Å². The van der Waals surface area contributed by atoms with Crippen LogP contribution in [0, 0.1) is 0 Å². The highest BCUT2D eigenvalue weighted by atomic mass is 16.5. The van der Waals surface area contributed by atoms with E-state index in [1.54, 1.807) is 6.92 Å². The molecule has 104 valence electrons. The van der Waals surface area contributed by atoms with Gasteiger partial charge < -0.3 is 15.4 Å². The second-order valence-corrected chi connectivity index (χ2v) is 4.31. The molecular formula is C12H18N4O3. The number of aromatic amines is 1. The zero-order valence-corrected chi connectivity index (χ0v) is 10.9. The van der Waals surface area contributed by atoms with Gasteiger partial charge in [0.25, 0.3) is 0 Å². The van der Waals surface area contributed by atoms with Crippen molar-refractivity contribution in [3.63, 3.8) is 0 Å². The van der Waals surface area contributed by atoms with E-state index in [1.807, 2.05) is 0 Å². The lowest BCUT2D eigenvalue weighted by molar-refractivity contribution is -0.144. The van der Waals surface area contributed by atoms with Crippen molar-refractivity contribution < 1.29 is 14.3 Å². The Morgan fingerprint density at radius 3 is 3.05 bits per heavy atom. The van der Waals surface area contributed by atoms with Gasteiger partial charge in [-0.3, -0.25) is 14.7 Å². The van der Waals surface area contributed by atoms with E-state index < -0.39 is 0 Å². The third-order valence-corrected chi connectivity index (χ3v) is 2.93. The molecule has 1 aliphatic heterocycles. The molecule has 0 radical (unpaired) electrons.